The van der Waals surface area contributed by atoms with E-state index in [0.29, 0.717) is 24.7 Å². The van der Waals surface area contributed by atoms with Crippen LogP contribution in [0.3, 0.4) is 0 Å². The van der Waals surface area contributed by atoms with Crippen LogP contribution in [0.15, 0.2) is 18.2 Å². The van der Waals surface area contributed by atoms with E-state index in [-0.39, 0.29) is 42.0 Å². The van der Waals surface area contributed by atoms with Gasteiger partial charge in [0.1, 0.15) is 5.82 Å². The van der Waals surface area contributed by atoms with E-state index in [1.165, 1.54) is 12.1 Å². The minimum atomic E-state index is -0.486. The molecule has 1 aliphatic rings. The van der Waals surface area contributed by atoms with Gasteiger partial charge in [-0.1, -0.05) is 38.4 Å². The van der Waals surface area contributed by atoms with Crippen LogP contribution in [-0.4, -0.2) is 47.9 Å². The Bertz CT molecular complexity index is 573. The molecule has 1 amide bonds. The summed E-state index contributed by atoms with van der Waals surface area (Å²) in [7, 11) is 0. The fraction of sp³-hybridized carbons (Fsp3) is 0.588. The van der Waals surface area contributed by atoms with Crippen molar-refractivity contribution < 1.29 is 9.18 Å². The third kappa shape index (κ3) is 6.57. The number of carbonyl (C=O) groups is 1. The molecule has 1 heterocycles. The lowest BCUT2D eigenvalue weighted by atomic mass is 9.86. The molecule has 0 unspecified atom stereocenters. The van der Waals surface area contributed by atoms with E-state index < -0.39 is 6.04 Å². The first kappa shape index (κ1) is 24.4. The highest BCUT2D eigenvalue weighted by atomic mass is 35.5. The van der Waals surface area contributed by atoms with Gasteiger partial charge in [0.2, 0.25) is 5.91 Å². The van der Waals surface area contributed by atoms with Crippen molar-refractivity contribution >= 4 is 42.3 Å². The number of hydrogen-bond donors (Lipinski definition) is 1. The van der Waals surface area contributed by atoms with Gasteiger partial charge >= 0.3 is 0 Å². The zero-order valence-corrected chi connectivity index (χ0v) is 17.2. The number of carbonyl (C=O) groups excluding carboxylic acids is 1. The molecule has 1 saturated heterocycles. The Labute approximate surface area is 166 Å². The van der Waals surface area contributed by atoms with Gasteiger partial charge in [0.15, 0.2) is 0 Å². The lowest BCUT2D eigenvalue weighted by Crippen LogP contribution is -2.56. The third-order valence-corrected chi connectivity index (χ3v) is 4.64. The molecule has 0 saturated carbocycles. The number of benzene rings is 1. The molecule has 2 N–H and O–H groups in total. The fourth-order valence-corrected chi connectivity index (χ4v) is 2.81. The number of piperazine rings is 1. The molecule has 25 heavy (non-hydrogen) atoms. The molecular formula is C17H27Cl3FN3O. The first-order chi connectivity index (χ1) is 10.7. The van der Waals surface area contributed by atoms with E-state index in [9.17, 15) is 9.18 Å². The molecule has 0 aliphatic carbocycles. The van der Waals surface area contributed by atoms with Crippen LogP contribution >= 0.6 is 36.4 Å². The topological polar surface area (TPSA) is 49.6 Å². The van der Waals surface area contributed by atoms with Crippen molar-refractivity contribution in [3.8, 4) is 0 Å². The summed E-state index contributed by atoms with van der Waals surface area (Å²) >= 11 is 6.07. The largest absolute Gasteiger partial charge is 0.339 e. The van der Waals surface area contributed by atoms with Crippen molar-refractivity contribution in [1.29, 1.82) is 0 Å². The second-order valence-corrected chi connectivity index (χ2v) is 7.59. The molecule has 2 rings (SSSR count). The molecule has 1 fully saturated rings. The van der Waals surface area contributed by atoms with Gasteiger partial charge in [-0.3, -0.25) is 9.69 Å². The van der Waals surface area contributed by atoms with Gasteiger partial charge in [-0.05, 0) is 23.1 Å². The molecule has 4 nitrogen and oxygen atoms in total. The number of halogens is 4. The maximum absolute atomic E-state index is 13.1. The molecule has 1 aliphatic heterocycles. The number of amides is 1. The van der Waals surface area contributed by atoms with Gasteiger partial charge in [-0.2, -0.15) is 0 Å². The van der Waals surface area contributed by atoms with Crippen LogP contribution in [0.2, 0.25) is 5.02 Å². The molecule has 0 aromatic heterocycles. The van der Waals surface area contributed by atoms with E-state index >= 15 is 0 Å². The Morgan fingerprint density at radius 3 is 2.28 bits per heavy atom. The Hall–Kier alpha value is -0.590. The van der Waals surface area contributed by atoms with Crippen molar-refractivity contribution in [3.63, 3.8) is 0 Å². The van der Waals surface area contributed by atoms with Crippen LogP contribution in [-0.2, 0) is 11.3 Å². The number of nitrogens with zero attached hydrogens (tertiary/aromatic N) is 2. The summed E-state index contributed by atoms with van der Waals surface area (Å²) < 4.78 is 13.1. The van der Waals surface area contributed by atoms with Crippen LogP contribution < -0.4 is 5.73 Å². The summed E-state index contributed by atoms with van der Waals surface area (Å²) in [5.41, 5.74) is 6.72. The van der Waals surface area contributed by atoms with Crippen molar-refractivity contribution in [2.24, 2.45) is 11.1 Å². The van der Waals surface area contributed by atoms with Gasteiger partial charge in [-0.15, -0.1) is 24.8 Å². The lowest BCUT2D eigenvalue weighted by molar-refractivity contribution is -0.136. The van der Waals surface area contributed by atoms with Crippen molar-refractivity contribution in [2.75, 3.05) is 26.2 Å². The zero-order chi connectivity index (χ0) is 17.2. The number of hydrogen-bond acceptors (Lipinski definition) is 3. The summed E-state index contributed by atoms with van der Waals surface area (Å²) in [6.45, 7) is 9.41. The van der Waals surface area contributed by atoms with E-state index in [1.54, 1.807) is 6.07 Å². The second kappa shape index (κ2) is 9.93. The molecular weight excluding hydrogens is 388 g/mol. The molecule has 8 heteroatoms. The van der Waals surface area contributed by atoms with Crippen molar-refractivity contribution in [1.82, 2.24) is 9.80 Å². The Morgan fingerprint density at radius 1 is 1.24 bits per heavy atom. The third-order valence-electron chi connectivity index (χ3n) is 4.29. The normalized spacial score (nSPS) is 16.6. The lowest BCUT2D eigenvalue weighted by Gasteiger charge is -2.38. The molecule has 144 valence electrons. The van der Waals surface area contributed by atoms with E-state index in [2.05, 4.69) is 4.90 Å². The summed E-state index contributed by atoms with van der Waals surface area (Å²) in [6, 6.07) is 3.98. The maximum Gasteiger partial charge on any atom is 0.240 e. The fourth-order valence-electron chi connectivity index (χ4n) is 2.58. The maximum atomic E-state index is 13.1. The molecule has 1 aromatic rings. The van der Waals surface area contributed by atoms with E-state index in [4.69, 9.17) is 17.3 Å². The Morgan fingerprint density at radius 2 is 1.80 bits per heavy atom. The molecule has 1 aromatic carbocycles. The second-order valence-electron chi connectivity index (χ2n) is 7.18. The highest BCUT2D eigenvalue weighted by Gasteiger charge is 2.32. The quantitative estimate of drug-likeness (QED) is 0.825. The predicted octanol–water partition coefficient (Wildman–Crippen LogP) is 3.34. The first-order valence-corrected chi connectivity index (χ1v) is 8.27. The molecule has 0 radical (unpaired) electrons. The van der Waals surface area contributed by atoms with Gasteiger partial charge in [0.05, 0.1) is 6.04 Å². The van der Waals surface area contributed by atoms with Gasteiger partial charge in [0.25, 0.3) is 0 Å². The van der Waals surface area contributed by atoms with Crippen LogP contribution in [0.4, 0.5) is 4.39 Å². The minimum absolute atomic E-state index is 0. The number of rotatable bonds is 3. The summed E-state index contributed by atoms with van der Waals surface area (Å²) in [6.07, 6.45) is 0. The van der Waals surface area contributed by atoms with Crippen molar-refractivity contribution in [2.45, 2.75) is 33.4 Å². The van der Waals surface area contributed by atoms with Gasteiger partial charge < -0.3 is 10.6 Å². The first-order valence-electron chi connectivity index (χ1n) is 7.89. The van der Waals surface area contributed by atoms with Gasteiger partial charge in [-0.25, -0.2) is 4.39 Å². The zero-order valence-electron chi connectivity index (χ0n) is 14.8. The van der Waals surface area contributed by atoms with Crippen LogP contribution in [0.5, 0.6) is 0 Å². The summed E-state index contributed by atoms with van der Waals surface area (Å²) in [4.78, 5) is 16.5. The smallest absolute Gasteiger partial charge is 0.240 e. The van der Waals surface area contributed by atoms with Crippen LogP contribution in [0.25, 0.3) is 0 Å². The van der Waals surface area contributed by atoms with Crippen LogP contribution in [0, 0.1) is 11.2 Å². The SMILES string of the molecule is CC(C)(C)[C@H](N)C(=O)N1CCN(Cc2ccc(F)cc2Cl)CC1.Cl.Cl. The molecule has 0 spiro atoms. The Balaban J connectivity index is 0.00000288. The van der Waals surface area contributed by atoms with Crippen molar-refractivity contribution in [3.05, 3.63) is 34.6 Å². The minimum Gasteiger partial charge on any atom is -0.339 e. The number of nitrogens with two attached hydrogens (primary N) is 1. The standard InChI is InChI=1S/C17H25ClFN3O.2ClH/c1-17(2,3)15(20)16(23)22-8-6-21(7-9-22)11-12-4-5-13(19)10-14(12)18;;/h4-5,10,15H,6-9,11,20H2,1-3H3;2*1H/t15-;;/m1../s1. The monoisotopic (exact) mass is 413 g/mol. The average molecular weight is 415 g/mol. The highest BCUT2D eigenvalue weighted by Crippen LogP contribution is 2.22. The average Bonchev–Trinajstić information content (AvgIpc) is 2.48. The molecule has 1 atom stereocenters. The van der Waals surface area contributed by atoms with Gasteiger partial charge in [0, 0.05) is 37.7 Å². The Kier molecular flexibility index (Phi) is 9.69. The summed E-state index contributed by atoms with van der Waals surface area (Å²) in [5.74, 6) is -0.317. The summed E-state index contributed by atoms with van der Waals surface area (Å²) in [5, 5.41) is 0.443. The van der Waals surface area contributed by atoms with E-state index in [1.807, 2.05) is 25.7 Å². The van der Waals surface area contributed by atoms with Crippen LogP contribution in [0.1, 0.15) is 26.3 Å². The predicted molar refractivity (Wildman–Crippen MR) is 105 cm³/mol. The highest BCUT2D eigenvalue weighted by molar-refractivity contribution is 6.31. The van der Waals surface area contributed by atoms with E-state index in [0.717, 1.165) is 18.7 Å². The molecule has 0 bridgehead atoms.